The minimum Gasteiger partial charge on any atom is -0.313 e. The molecule has 0 aromatic carbocycles. The lowest BCUT2D eigenvalue weighted by Gasteiger charge is -2.30. The zero-order valence-corrected chi connectivity index (χ0v) is 12.5. The van der Waals surface area contributed by atoms with Gasteiger partial charge in [0.25, 0.3) is 0 Å². The molecule has 2 rings (SSSR count). The molecular formula is C16H27N3. The van der Waals surface area contributed by atoms with E-state index in [1.807, 2.05) is 12.4 Å². The molecular weight excluding hydrogens is 234 g/mol. The first kappa shape index (κ1) is 14.5. The van der Waals surface area contributed by atoms with Gasteiger partial charge in [0.1, 0.15) is 0 Å². The van der Waals surface area contributed by atoms with Gasteiger partial charge in [0.15, 0.2) is 0 Å². The molecule has 3 heteroatoms. The highest BCUT2D eigenvalue weighted by Gasteiger charge is 2.25. The minimum atomic E-state index is 0.343. The van der Waals surface area contributed by atoms with Crippen molar-refractivity contribution in [1.29, 1.82) is 0 Å². The molecule has 1 aliphatic rings. The Labute approximate surface area is 117 Å². The zero-order valence-electron chi connectivity index (χ0n) is 12.5. The second-order valence-corrected chi connectivity index (χ2v) is 6.66. The average Bonchev–Trinajstić information content (AvgIpc) is 3.19. The number of rotatable bonds is 8. The third kappa shape index (κ3) is 5.70. The van der Waals surface area contributed by atoms with Gasteiger partial charge in [0.05, 0.1) is 0 Å². The molecule has 0 aliphatic heterocycles. The fourth-order valence-corrected chi connectivity index (χ4v) is 2.44. The van der Waals surface area contributed by atoms with E-state index in [-0.39, 0.29) is 0 Å². The smallest absolute Gasteiger partial charge is 0.0270 e. The summed E-state index contributed by atoms with van der Waals surface area (Å²) in [6.07, 6.45) is 7.59. The molecule has 0 amide bonds. The predicted octanol–water partition coefficient (Wildman–Crippen LogP) is 2.33. The van der Waals surface area contributed by atoms with E-state index in [0.29, 0.717) is 5.41 Å². The Bertz CT molecular complexity index is 371. The largest absolute Gasteiger partial charge is 0.313 e. The van der Waals surface area contributed by atoms with Crippen molar-refractivity contribution in [3.05, 3.63) is 30.1 Å². The van der Waals surface area contributed by atoms with Crippen LogP contribution in [0.3, 0.4) is 0 Å². The van der Waals surface area contributed by atoms with Crippen LogP contribution in [0.25, 0.3) is 0 Å². The van der Waals surface area contributed by atoms with Gasteiger partial charge in [0.2, 0.25) is 0 Å². The van der Waals surface area contributed by atoms with Crippen LogP contribution in [0.5, 0.6) is 0 Å². The number of hydrogen-bond acceptors (Lipinski definition) is 3. The molecule has 19 heavy (non-hydrogen) atoms. The zero-order chi connectivity index (χ0) is 13.7. The molecule has 106 valence electrons. The standard InChI is InChI=1S/C16H27N3/c1-16(2,12-18-15-4-5-15)13-19(3)11-8-14-6-9-17-10-7-14/h6-7,9-10,15,18H,4-5,8,11-13H2,1-3H3. The summed E-state index contributed by atoms with van der Waals surface area (Å²) in [6, 6.07) is 5.02. The summed E-state index contributed by atoms with van der Waals surface area (Å²) in [5, 5.41) is 3.64. The number of aromatic nitrogens is 1. The van der Waals surface area contributed by atoms with Crippen LogP contribution < -0.4 is 5.32 Å². The van der Waals surface area contributed by atoms with Crippen molar-refractivity contribution in [2.45, 2.75) is 39.2 Å². The third-order valence-corrected chi connectivity index (χ3v) is 3.68. The van der Waals surface area contributed by atoms with Crippen molar-refractivity contribution < 1.29 is 0 Å². The maximum atomic E-state index is 4.06. The van der Waals surface area contributed by atoms with E-state index >= 15 is 0 Å². The quantitative estimate of drug-likeness (QED) is 0.778. The van der Waals surface area contributed by atoms with Crippen LogP contribution in [0, 0.1) is 5.41 Å². The number of nitrogens with zero attached hydrogens (tertiary/aromatic N) is 2. The van der Waals surface area contributed by atoms with Gasteiger partial charge in [-0.15, -0.1) is 0 Å². The van der Waals surface area contributed by atoms with Crippen LogP contribution in [-0.4, -0.2) is 42.6 Å². The minimum absolute atomic E-state index is 0.343. The van der Waals surface area contributed by atoms with Crippen LogP contribution >= 0.6 is 0 Å². The molecule has 1 aliphatic carbocycles. The SMILES string of the molecule is CN(CCc1ccncc1)CC(C)(C)CNC1CC1. The van der Waals surface area contributed by atoms with Crippen molar-refractivity contribution in [2.24, 2.45) is 5.41 Å². The van der Waals surface area contributed by atoms with Crippen molar-refractivity contribution >= 4 is 0 Å². The normalized spacial score (nSPS) is 16.0. The summed E-state index contributed by atoms with van der Waals surface area (Å²) in [5.41, 5.74) is 1.71. The highest BCUT2D eigenvalue weighted by Crippen LogP contribution is 2.22. The fourth-order valence-electron chi connectivity index (χ4n) is 2.44. The first-order valence-corrected chi connectivity index (χ1v) is 7.36. The average molecular weight is 261 g/mol. The molecule has 0 unspecified atom stereocenters. The van der Waals surface area contributed by atoms with Crippen molar-refractivity contribution in [2.75, 3.05) is 26.7 Å². The van der Waals surface area contributed by atoms with E-state index < -0.39 is 0 Å². The summed E-state index contributed by atoms with van der Waals surface area (Å²) in [6.45, 7) is 8.07. The van der Waals surface area contributed by atoms with Crippen LogP contribution in [0.15, 0.2) is 24.5 Å². The molecule has 0 radical (unpaired) electrons. The molecule has 1 heterocycles. The second kappa shape index (κ2) is 6.49. The van der Waals surface area contributed by atoms with Crippen molar-refractivity contribution in [3.63, 3.8) is 0 Å². The van der Waals surface area contributed by atoms with Gasteiger partial charge < -0.3 is 10.2 Å². The van der Waals surface area contributed by atoms with E-state index in [2.05, 4.69) is 48.2 Å². The van der Waals surface area contributed by atoms with Crippen LogP contribution in [-0.2, 0) is 6.42 Å². The topological polar surface area (TPSA) is 28.2 Å². The van der Waals surface area contributed by atoms with E-state index in [4.69, 9.17) is 0 Å². The first-order valence-electron chi connectivity index (χ1n) is 7.36. The first-order chi connectivity index (χ1) is 9.05. The number of nitrogens with one attached hydrogen (secondary N) is 1. The Balaban J connectivity index is 1.68. The maximum absolute atomic E-state index is 4.06. The van der Waals surface area contributed by atoms with Gasteiger partial charge in [-0.2, -0.15) is 0 Å². The number of likely N-dealkylation sites (N-methyl/N-ethyl adjacent to an activating group) is 1. The number of hydrogen-bond donors (Lipinski definition) is 1. The predicted molar refractivity (Wildman–Crippen MR) is 80.2 cm³/mol. The molecule has 0 atom stereocenters. The molecule has 0 spiro atoms. The van der Waals surface area contributed by atoms with Crippen LogP contribution in [0.4, 0.5) is 0 Å². The lowest BCUT2D eigenvalue weighted by molar-refractivity contribution is 0.205. The van der Waals surface area contributed by atoms with Crippen LogP contribution in [0.2, 0.25) is 0 Å². The van der Waals surface area contributed by atoms with E-state index in [9.17, 15) is 0 Å². The van der Waals surface area contributed by atoms with Gasteiger partial charge in [-0.1, -0.05) is 13.8 Å². The summed E-state index contributed by atoms with van der Waals surface area (Å²) >= 11 is 0. The maximum Gasteiger partial charge on any atom is 0.0270 e. The molecule has 0 bridgehead atoms. The monoisotopic (exact) mass is 261 g/mol. The molecule has 1 aromatic rings. The molecule has 0 saturated heterocycles. The lowest BCUT2D eigenvalue weighted by Crippen LogP contribution is -2.40. The summed E-state index contributed by atoms with van der Waals surface area (Å²) in [7, 11) is 2.22. The Hall–Kier alpha value is -0.930. The molecule has 1 N–H and O–H groups in total. The lowest BCUT2D eigenvalue weighted by atomic mass is 9.92. The summed E-state index contributed by atoms with van der Waals surface area (Å²) < 4.78 is 0. The van der Waals surface area contributed by atoms with Gasteiger partial charge in [0, 0.05) is 38.1 Å². The van der Waals surface area contributed by atoms with Crippen LogP contribution in [0.1, 0.15) is 32.3 Å². The Morgan fingerprint density at radius 2 is 2.00 bits per heavy atom. The van der Waals surface area contributed by atoms with E-state index in [1.165, 1.54) is 18.4 Å². The van der Waals surface area contributed by atoms with Gasteiger partial charge in [-0.3, -0.25) is 4.98 Å². The Kier molecular flexibility index (Phi) is 4.94. The molecule has 3 nitrogen and oxygen atoms in total. The van der Waals surface area contributed by atoms with E-state index in [1.54, 1.807) is 0 Å². The third-order valence-electron chi connectivity index (χ3n) is 3.68. The van der Waals surface area contributed by atoms with Gasteiger partial charge in [-0.25, -0.2) is 0 Å². The fraction of sp³-hybridized carbons (Fsp3) is 0.688. The molecule has 1 saturated carbocycles. The highest BCUT2D eigenvalue weighted by atomic mass is 15.1. The van der Waals surface area contributed by atoms with Gasteiger partial charge >= 0.3 is 0 Å². The summed E-state index contributed by atoms with van der Waals surface area (Å²) in [4.78, 5) is 6.50. The van der Waals surface area contributed by atoms with Crippen molar-refractivity contribution in [3.8, 4) is 0 Å². The van der Waals surface area contributed by atoms with E-state index in [0.717, 1.165) is 32.1 Å². The molecule has 1 fully saturated rings. The second-order valence-electron chi connectivity index (χ2n) is 6.66. The Morgan fingerprint density at radius 1 is 1.32 bits per heavy atom. The molecule has 1 aromatic heterocycles. The Morgan fingerprint density at radius 3 is 2.63 bits per heavy atom. The summed E-state index contributed by atoms with van der Waals surface area (Å²) in [5.74, 6) is 0. The van der Waals surface area contributed by atoms with Gasteiger partial charge in [-0.05, 0) is 49.4 Å². The number of pyridine rings is 1. The highest BCUT2D eigenvalue weighted by molar-refractivity contribution is 5.09. The van der Waals surface area contributed by atoms with Crippen molar-refractivity contribution in [1.82, 2.24) is 15.2 Å².